The number of rotatable bonds is 6. The van der Waals surface area contributed by atoms with E-state index in [0.717, 1.165) is 23.4 Å². The summed E-state index contributed by atoms with van der Waals surface area (Å²) in [7, 11) is 0. The van der Waals surface area contributed by atoms with Crippen molar-refractivity contribution in [1.82, 2.24) is 9.97 Å². The van der Waals surface area contributed by atoms with Crippen LogP contribution >= 0.6 is 0 Å². The number of H-pyrrole nitrogens is 1. The molecule has 1 heterocycles. The first kappa shape index (κ1) is 15.8. The summed E-state index contributed by atoms with van der Waals surface area (Å²) in [5.74, 6) is 1.18. The van der Waals surface area contributed by atoms with Gasteiger partial charge in [0.2, 0.25) is 5.95 Å². The highest BCUT2D eigenvalue weighted by molar-refractivity contribution is 5.62. The molecule has 122 valence electrons. The van der Waals surface area contributed by atoms with Gasteiger partial charge in [0.25, 0.3) is 5.56 Å². The van der Waals surface area contributed by atoms with Gasteiger partial charge in [-0.3, -0.25) is 9.78 Å². The van der Waals surface area contributed by atoms with E-state index < -0.39 is 0 Å². The highest BCUT2D eigenvalue weighted by Crippen LogP contribution is 2.21. The summed E-state index contributed by atoms with van der Waals surface area (Å²) in [5.41, 5.74) is 2.12. The molecule has 0 unspecified atom stereocenters. The van der Waals surface area contributed by atoms with Crippen LogP contribution in [0.15, 0.2) is 65.5 Å². The fourth-order valence-electron chi connectivity index (χ4n) is 2.29. The van der Waals surface area contributed by atoms with Gasteiger partial charge in [-0.15, -0.1) is 0 Å². The van der Waals surface area contributed by atoms with Gasteiger partial charge in [-0.2, -0.15) is 0 Å². The second-order valence-electron chi connectivity index (χ2n) is 5.35. The van der Waals surface area contributed by atoms with Crippen LogP contribution in [-0.2, 0) is 0 Å². The first-order valence-corrected chi connectivity index (χ1v) is 7.91. The zero-order chi connectivity index (χ0) is 16.8. The molecule has 5 heteroatoms. The van der Waals surface area contributed by atoms with E-state index in [9.17, 15) is 4.79 Å². The molecule has 2 N–H and O–H groups in total. The van der Waals surface area contributed by atoms with Gasteiger partial charge in [-0.05, 0) is 18.6 Å². The number of benzene rings is 2. The fourth-order valence-corrected chi connectivity index (χ4v) is 2.29. The lowest BCUT2D eigenvalue weighted by molar-refractivity contribution is 0.317. The van der Waals surface area contributed by atoms with Crippen LogP contribution in [-0.4, -0.2) is 16.6 Å². The van der Waals surface area contributed by atoms with Crippen LogP contribution in [0, 0.1) is 0 Å². The molecule has 0 amide bonds. The van der Waals surface area contributed by atoms with Gasteiger partial charge in [-0.25, -0.2) is 4.98 Å². The summed E-state index contributed by atoms with van der Waals surface area (Å²) in [5, 5.41) is 3.13. The normalized spacial score (nSPS) is 10.4. The summed E-state index contributed by atoms with van der Waals surface area (Å²) < 4.78 is 5.62. The molecule has 0 saturated carbocycles. The number of hydrogen-bond donors (Lipinski definition) is 2. The van der Waals surface area contributed by atoms with Gasteiger partial charge in [-0.1, -0.05) is 43.3 Å². The number of nitrogens with one attached hydrogen (secondary N) is 2. The van der Waals surface area contributed by atoms with Crippen LogP contribution in [0.25, 0.3) is 11.3 Å². The van der Waals surface area contributed by atoms with Gasteiger partial charge < -0.3 is 10.1 Å². The van der Waals surface area contributed by atoms with Crippen molar-refractivity contribution in [3.05, 3.63) is 71.0 Å². The quantitative estimate of drug-likeness (QED) is 0.721. The maximum Gasteiger partial charge on any atom is 0.252 e. The third kappa shape index (κ3) is 4.01. The van der Waals surface area contributed by atoms with E-state index in [1.165, 1.54) is 6.07 Å². The van der Waals surface area contributed by atoms with Crippen molar-refractivity contribution < 1.29 is 4.74 Å². The Hall–Kier alpha value is -3.08. The third-order valence-corrected chi connectivity index (χ3v) is 3.38. The standard InChI is InChI=1S/C19H19N3O2/c1-2-11-24-16-10-6-9-15(12-16)20-19-21-17(13-18(23)22-19)14-7-4-3-5-8-14/h3-10,12-13H,2,11H2,1H3,(H2,20,21,22,23). The molecule has 0 fully saturated rings. The van der Waals surface area contributed by atoms with E-state index in [1.807, 2.05) is 54.6 Å². The Kier molecular flexibility index (Phi) is 4.91. The topological polar surface area (TPSA) is 67.0 Å². The van der Waals surface area contributed by atoms with Crippen molar-refractivity contribution in [3.8, 4) is 17.0 Å². The van der Waals surface area contributed by atoms with Crippen LogP contribution in [0.3, 0.4) is 0 Å². The number of aromatic nitrogens is 2. The Morgan fingerprint density at radius 2 is 1.92 bits per heavy atom. The predicted molar refractivity (Wildman–Crippen MR) is 95.8 cm³/mol. The molecule has 0 aliphatic carbocycles. The Bertz CT molecular complexity index is 860. The van der Waals surface area contributed by atoms with E-state index in [1.54, 1.807) is 0 Å². The van der Waals surface area contributed by atoms with Crippen molar-refractivity contribution in [2.24, 2.45) is 0 Å². The minimum absolute atomic E-state index is 0.204. The van der Waals surface area contributed by atoms with Crippen LogP contribution in [0.2, 0.25) is 0 Å². The molecule has 0 saturated heterocycles. The number of nitrogens with zero attached hydrogens (tertiary/aromatic N) is 1. The Morgan fingerprint density at radius 3 is 2.71 bits per heavy atom. The average molecular weight is 321 g/mol. The maximum absolute atomic E-state index is 11.9. The van der Waals surface area contributed by atoms with Gasteiger partial charge >= 0.3 is 0 Å². The molecule has 0 radical (unpaired) electrons. The largest absolute Gasteiger partial charge is 0.494 e. The lowest BCUT2D eigenvalue weighted by Crippen LogP contribution is -2.10. The van der Waals surface area contributed by atoms with Crippen LogP contribution < -0.4 is 15.6 Å². The first-order valence-electron chi connectivity index (χ1n) is 7.91. The van der Waals surface area contributed by atoms with Crippen LogP contribution in [0.4, 0.5) is 11.6 Å². The number of anilines is 2. The molecule has 0 spiro atoms. The zero-order valence-corrected chi connectivity index (χ0v) is 13.5. The summed E-state index contributed by atoms with van der Waals surface area (Å²) in [6.07, 6.45) is 0.950. The van der Waals surface area contributed by atoms with E-state index in [4.69, 9.17) is 4.74 Å². The van der Waals surface area contributed by atoms with Crippen LogP contribution in [0.5, 0.6) is 5.75 Å². The Balaban J connectivity index is 1.85. The van der Waals surface area contributed by atoms with Gasteiger partial charge in [0, 0.05) is 23.4 Å². The lowest BCUT2D eigenvalue weighted by Gasteiger charge is -2.09. The second kappa shape index (κ2) is 7.46. The smallest absolute Gasteiger partial charge is 0.252 e. The van der Waals surface area contributed by atoms with E-state index in [0.29, 0.717) is 18.2 Å². The molecule has 1 aromatic heterocycles. The fraction of sp³-hybridized carbons (Fsp3) is 0.158. The zero-order valence-electron chi connectivity index (χ0n) is 13.5. The Labute approximate surface area is 140 Å². The Morgan fingerprint density at radius 1 is 1.08 bits per heavy atom. The molecule has 5 nitrogen and oxygen atoms in total. The number of hydrogen-bond acceptors (Lipinski definition) is 4. The minimum atomic E-state index is -0.204. The summed E-state index contributed by atoms with van der Waals surface area (Å²) in [4.78, 5) is 19.1. The van der Waals surface area contributed by atoms with Crippen molar-refractivity contribution in [1.29, 1.82) is 0 Å². The first-order chi connectivity index (χ1) is 11.7. The van der Waals surface area contributed by atoms with Crippen molar-refractivity contribution in [3.63, 3.8) is 0 Å². The minimum Gasteiger partial charge on any atom is -0.494 e. The van der Waals surface area contributed by atoms with Gasteiger partial charge in [0.05, 0.1) is 12.3 Å². The summed E-state index contributed by atoms with van der Waals surface area (Å²) >= 11 is 0. The molecular weight excluding hydrogens is 302 g/mol. The summed E-state index contributed by atoms with van der Waals surface area (Å²) in [6, 6.07) is 18.7. The molecule has 3 aromatic rings. The maximum atomic E-state index is 11.9. The highest BCUT2D eigenvalue weighted by Gasteiger charge is 2.05. The van der Waals surface area contributed by atoms with Crippen molar-refractivity contribution in [2.45, 2.75) is 13.3 Å². The number of ether oxygens (including phenoxy) is 1. The van der Waals surface area contributed by atoms with Crippen molar-refractivity contribution in [2.75, 3.05) is 11.9 Å². The summed E-state index contributed by atoms with van der Waals surface area (Å²) in [6.45, 7) is 2.73. The lowest BCUT2D eigenvalue weighted by atomic mass is 10.1. The molecule has 0 aliphatic rings. The average Bonchev–Trinajstić information content (AvgIpc) is 2.60. The molecular formula is C19H19N3O2. The van der Waals surface area contributed by atoms with Gasteiger partial charge in [0.1, 0.15) is 5.75 Å². The van der Waals surface area contributed by atoms with E-state index in [2.05, 4.69) is 22.2 Å². The van der Waals surface area contributed by atoms with Gasteiger partial charge in [0.15, 0.2) is 0 Å². The molecule has 3 rings (SSSR count). The molecule has 2 aromatic carbocycles. The molecule has 24 heavy (non-hydrogen) atoms. The predicted octanol–water partition coefficient (Wildman–Crippen LogP) is 3.97. The highest BCUT2D eigenvalue weighted by atomic mass is 16.5. The van der Waals surface area contributed by atoms with E-state index >= 15 is 0 Å². The molecule has 0 bridgehead atoms. The van der Waals surface area contributed by atoms with Crippen LogP contribution in [0.1, 0.15) is 13.3 Å². The third-order valence-electron chi connectivity index (χ3n) is 3.38. The van der Waals surface area contributed by atoms with E-state index in [-0.39, 0.29) is 5.56 Å². The molecule has 0 atom stereocenters. The molecule has 0 aliphatic heterocycles. The van der Waals surface area contributed by atoms with Crippen molar-refractivity contribution >= 4 is 11.6 Å². The second-order valence-corrected chi connectivity index (χ2v) is 5.35. The SMILES string of the molecule is CCCOc1cccc(Nc2nc(-c3ccccc3)cc(=O)[nH]2)c1. The monoisotopic (exact) mass is 321 g/mol. The number of aromatic amines is 1.